The van der Waals surface area contributed by atoms with Gasteiger partial charge in [-0.25, -0.2) is 13.6 Å². The van der Waals surface area contributed by atoms with Crippen molar-refractivity contribution in [3.8, 4) is 0 Å². The van der Waals surface area contributed by atoms with E-state index < -0.39 is 17.6 Å². The monoisotopic (exact) mass is 348 g/mol. The molecule has 1 N–H and O–H groups in total. The fourth-order valence-electron chi connectivity index (χ4n) is 2.38. The van der Waals surface area contributed by atoms with Crippen LogP contribution in [-0.4, -0.2) is 20.9 Å². The van der Waals surface area contributed by atoms with Crippen molar-refractivity contribution in [3.05, 3.63) is 70.4 Å². The standard InChI is InChI=1S/C17H11ClF2N2O2/c18-11-2-1-10(14(20)7-11)9-22-16-8-12(19)3-4-13(16)15(21-22)5-6-17(23)24/h1-8H,9H2,(H,23,24)/b6-5+. The average molecular weight is 349 g/mol. The molecule has 3 aromatic rings. The van der Waals surface area contributed by atoms with Crippen LogP contribution in [0.4, 0.5) is 8.78 Å². The molecule has 2 aromatic carbocycles. The Morgan fingerprint density at radius 3 is 2.75 bits per heavy atom. The number of hydrogen-bond acceptors (Lipinski definition) is 2. The number of fused-ring (bicyclic) bond motifs is 1. The molecule has 0 unspecified atom stereocenters. The van der Waals surface area contributed by atoms with Crippen molar-refractivity contribution in [2.24, 2.45) is 0 Å². The minimum atomic E-state index is -1.12. The number of benzene rings is 2. The minimum Gasteiger partial charge on any atom is -0.478 e. The fraction of sp³-hybridized carbons (Fsp3) is 0.0588. The largest absolute Gasteiger partial charge is 0.478 e. The molecule has 24 heavy (non-hydrogen) atoms. The van der Waals surface area contributed by atoms with Gasteiger partial charge in [-0.2, -0.15) is 5.10 Å². The van der Waals surface area contributed by atoms with Crippen molar-refractivity contribution in [2.45, 2.75) is 6.54 Å². The van der Waals surface area contributed by atoms with Crippen molar-refractivity contribution in [2.75, 3.05) is 0 Å². The summed E-state index contributed by atoms with van der Waals surface area (Å²) in [5.41, 5.74) is 1.14. The summed E-state index contributed by atoms with van der Waals surface area (Å²) in [6, 6.07) is 8.31. The number of halogens is 3. The molecule has 0 spiro atoms. The van der Waals surface area contributed by atoms with E-state index in [2.05, 4.69) is 5.10 Å². The molecular formula is C17H11ClF2N2O2. The third kappa shape index (κ3) is 3.28. The smallest absolute Gasteiger partial charge is 0.328 e. The van der Waals surface area contributed by atoms with Crippen LogP contribution < -0.4 is 0 Å². The Hall–Kier alpha value is -2.73. The minimum absolute atomic E-state index is 0.0594. The third-order valence-corrected chi connectivity index (χ3v) is 3.70. The van der Waals surface area contributed by atoms with Crippen molar-refractivity contribution in [1.29, 1.82) is 0 Å². The summed E-state index contributed by atoms with van der Waals surface area (Å²) in [6.07, 6.45) is 2.26. The van der Waals surface area contributed by atoms with Crippen molar-refractivity contribution in [3.63, 3.8) is 0 Å². The lowest BCUT2D eigenvalue weighted by Gasteiger charge is -2.05. The van der Waals surface area contributed by atoms with E-state index in [0.717, 1.165) is 6.08 Å². The Morgan fingerprint density at radius 1 is 1.25 bits per heavy atom. The highest BCUT2D eigenvalue weighted by atomic mass is 35.5. The zero-order chi connectivity index (χ0) is 17.3. The van der Waals surface area contributed by atoms with E-state index >= 15 is 0 Å². The highest BCUT2D eigenvalue weighted by Gasteiger charge is 2.12. The highest BCUT2D eigenvalue weighted by Crippen LogP contribution is 2.23. The Bertz CT molecular complexity index is 967. The maximum Gasteiger partial charge on any atom is 0.328 e. The van der Waals surface area contributed by atoms with Gasteiger partial charge in [0, 0.05) is 22.0 Å². The molecule has 122 valence electrons. The number of nitrogens with zero attached hydrogens (tertiary/aromatic N) is 2. The first kappa shape index (κ1) is 16.1. The zero-order valence-corrected chi connectivity index (χ0v) is 13.0. The fourth-order valence-corrected chi connectivity index (χ4v) is 2.54. The van der Waals surface area contributed by atoms with E-state index in [9.17, 15) is 13.6 Å². The molecule has 3 rings (SSSR count). The van der Waals surface area contributed by atoms with Crippen LogP contribution in [0.2, 0.25) is 5.02 Å². The predicted octanol–water partition coefficient (Wildman–Crippen LogP) is 4.11. The van der Waals surface area contributed by atoms with Gasteiger partial charge in [0.1, 0.15) is 11.6 Å². The van der Waals surface area contributed by atoms with Crippen LogP contribution in [0.5, 0.6) is 0 Å². The maximum absolute atomic E-state index is 14.0. The first-order valence-corrected chi connectivity index (χ1v) is 7.33. The summed E-state index contributed by atoms with van der Waals surface area (Å²) in [5.74, 6) is -2.08. The number of aliphatic carboxylic acids is 1. The average Bonchev–Trinajstić information content (AvgIpc) is 2.85. The van der Waals surface area contributed by atoms with Crippen LogP contribution in [0.25, 0.3) is 17.0 Å². The van der Waals surface area contributed by atoms with Crippen LogP contribution in [-0.2, 0) is 11.3 Å². The molecule has 0 radical (unpaired) electrons. The molecule has 0 aliphatic rings. The summed E-state index contributed by atoms with van der Waals surface area (Å²) < 4.78 is 29.0. The van der Waals surface area contributed by atoms with Gasteiger partial charge in [0.05, 0.1) is 17.8 Å². The first-order chi connectivity index (χ1) is 11.4. The van der Waals surface area contributed by atoms with Gasteiger partial charge >= 0.3 is 5.97 Å². The Morgan fingerprint density at radius 2 is 2.04 bits per heavy atom. The number of hydrogen-bond donors (Lipinski definition) is 1. The van der Waals surface area contributed by atoms with Gasteiger partial charge in [-0.1, -0.05) is 17.7 Å². The molecule has 0 atom stereocenters. The Balaban J connectivity index is 2.09. The number of carbonyl (C=O) groups is 1. The molecule has 1 aromatic heterocycles. The van der Waals surface area contributed by atoms with Crippen molar-refractivity contribution >= 4 is 34.5 Å². The van der Waals surface area contributed by atoms with Gasteiger partial charge in [-0.15, -0.1) is 0 Å². The molecule has 4 nitrogen and oxygen atoms in total. The van der Waals surface area contributed by atoms with Gasteiger partial charge in [-0.3, -0.25) is 4.68 Å². The van der Waals surface area contributed by atoms with Crippen LogP contribution in [0.1, 0.15) is 11.3 Å². The van der Waals surface area contributed by atoms with Crippen molar-refractivity contribution < 1.29 is 18.7 Å². The second-order valence-electron chi connectivity index (χ2n) is 5.11. The van der Waals surface area contributed by atoms with Crippen LogP contribution in [0.3, 0.4) is 0 Å². The normalized spacial score (nSPS) is 11.5. The number of carboxylic acids is 1. The molecular weight excluding hydrogens is 338 g/mol. The summed E-state index contributed by atoms with van der Waals surface area (Å²) in [6.45, 7) is 0.0594. The second-order valence-corrected chi connectivity index (χ2v) is 5.55. The molecule has 1 heterocycles. The van der Waals surface area contributed by atoms with Crippen molar-refractivity contribution in [1.82, 2.24) is 9.78 Å². The molecule has 0 saturated heterocycles. The maximum atomic E-state index is 14.0. The molecule has 0 aliphatic heterocycles. The Labute approximate surface area is 140 Å². The lowest BCUT2D eigenvalue weighted by molar-refractivity contribution is -0.131. The van der Waals surface area contributed by atoms with E-state index in [1.54, 1.807) is 6.07 Å². The molecule has 0 saturated carbocycles. The Kier molecular flexibility index (Phi) is 4.31. The molecule has 0 amide bonds. The van der Waals surface area contributed by atoms with Gasteiger partial charge in [0.25, 0.3) is 0 Å². The first-order valence-electron chi connectivity index (χ1n) is 6.95. The number of rotatable bonds is 4. The molecule has 0 bridgehead atoms. The quantitative estimate of drug-likeness (QED) is 0.722. The third-order valence-electron chi connectivity index (χ3n) is 3.46. The van der Waals surface area contributed by atoms with Gasteiger partial charge in [0.15, 0.2) is 0 Å². The number of aromatic nitrogens is 2. The van der Waals surface area contributed by atoms with Gasteiger partial charge in [-0.05, 0) is 36.4 Å². The molecule has 0 aliphatic carbocycles. The van der Waals surface area contributed by atoms with E-state index in [-0.39, 0.29) is 11.6 Å². The van der Waals surface area contributed by atoms with Gasteiger partial charge < -0.3 is 5.11 Å². The molecule has 7 heteroatoms. The lowest BCUT2D eigenvalue weighted by atomic mass is 10.2. The molecule has 0 fully saturated rings. The van der Waals surface area contributed by atoms with Crippen LogP contribution >= 0.6 is 11.6 Å². The second kappa shape index (κ2) is 6.41. The van der Waals surface area contributed by atoms with E-state index in [0.29, 0.717) is 22.2 Å². The zero-order valence-electron chi connectivity index (χ0n) is 12.2. The summed E-state index contributed by atoms with van der Waals surface area (Å²) in [7, 11) is 0. The number of carboxylic acid groups (broad SMARTS) is 1. The van der Waals surface area contributed by atoms with E-state index in [1.165, 1.54) is 41.1 Å². The van der Waals surface area contributed by atoms with E-state index in [1.807, 2.05) is 0 Å². The lowest BCUT2D eigenvalue weighted by Crippen LogP contribution is -2.04. The summed E-state index contributed by atoms with van der Waals surface area (Å²) in [4.78, 5) is 10.7. The van der Waals surface area contributed by atoms with E-state index in [4.69, 9.17) is 16.7 Å². The van der Waals surface area contributed by atoms with Crippen LogP contribution in [0.15, 0.2) is 42.5 Å². The topological polar surface area (TPSA) is 55.1 Å². The van der Waals surface area contributed by atoms with Gasteiger partial charge in [0.2, 0.25) is 0 Å². The summed E-state index contributed by atoms with van der Waals surface area (Å²) in [5, 5.41) is 13.9. The van der Waals surface area contributed by atoms with Crippen LogP contribution in [0, 0.1) is 11.6 Å². The predicted molar refractivity (Wildman–Crippen MR) is 86.9 cm³/mol. The SMILES string of the molecule is O=C(O)/C=C/c1nn(Cc2ccc(Cl)cc2F)c2cc(F)ccc12. The highest BCUT2D eigenvalue weighted by molar-refractivity contribution is 6.30. The summed E-state index contributed by atoms with van der Waals surface area (Å²) >= 11 is 5.73.